The average molecular weight is 541 g/mol. The van der Waals surface area contributed by atoms with Gasteiger partial charge < -0.3 is 35.1 Å². The van der Waals surface area contributed by atoms with Crippen LogP contribution in [-0.4, -0.2) is 87.5 Å². The number of anilines is 2. The smallest absolute Gasteiger partial charge is 0.243 e. The molecule has 11 heteroatoms. The molecule has 2 atom stereocenters. The van der Waals surface area contributed by atoms with Gasteiger partial charge in [0.1, 0.15) is 23.1 Å². The summed E-state index contributed by atoms with van der Waals surface area (Å²) in [7, 11) is 7.19. The van der Waals surface area contributed by atoms with Crippen LogP contribution in [0.25, 0.3) is 22.0 Å². The zero-order chi connectivity index (χ0) is 27.2. The minimum absolute atomic E-state index is 0.135. The molecule has 1 aliphatic heterocycles. The second-order valence-corrected chi connectivity index (χ2v) is 9.55. The third kappa shape index (κ3) is 6.27. The van der Waals surface area contributed by atoms with Gasteiger partial charge in [0.15, 0.2) is 0 Å². The molecule has 1 aliphatic rings. The minimum Gasteiger partial charge on any atom is -0.497 e. The van der Waals surface area contributed by atoms with Crippen LogP contribution in [0.1, 0.15) is 0 Å². The number of rotatable bonds is 11. The van der Waals surface area contributed by atoms with E-state index in [1.54, 1.807) is 26.5 Å². The quantitative estimate of drug-likeness (QED) is 0.315. The van der Waals surface area contributed by atoms with Crippen molar-refractivity contribution in [2.24, 2.45) is 0 Å². The summed E-state index contributed by atoms with van der Waals surface area (Å²) in [4.78, 5) is 23.5. The molecular weight excluding hydrogens is 508 g/mol. The molecule has 3 heterocycles. The number of methoxy groups -OCH3 is 2. The largest absolute Gasteiger partial charge is 0.497 e. The summed E-state index contributed by atoms with van der Waals surface area (Å²) in [5.74, 6) is 2.22. The van der Waals surface area contributed by atoms with E-state index in [9.17, 15) is 4.79 Å². The van der Waals surface area contributed by atoms with E-state index in [1.807, 2.05) is 32.3 Å². The number of pyridine rings is 2. The summed E-state index contributed by atoms with van der Waals surface area (Å²) in [5, 5.41) is 12.0. The maximum Gasteiger partial charge on any atom is 0.243 e. The van der Waals surface area contributed by atoms with Gasteiger partial charge in [0.2, 0.25) is 5.91 Å². The predicted molar refractivity (Wildman–Crippen MR) is 150 cm³/mol. The zero-order valence-electron chi connectivity index (χ0n) is 22.0. The Morgan fingerprint density at radius 2 is 2.00 bits per heavy atom. The van der Waals surface area contributed by atoms with Crippen molar-refractivity contribution in [3.05, 3.63) is 48.1 Å². The first-order valence-electron chi connectivity index (χ1n) is 12.2. The van der Waals surface area contributed by atoms with Crippen LogP contribution in [0.2, 0.25) is 5.02 Å². The van der Waals surface area contributed by atoms with Crippen LogP contribution in [-0.2, 0) is 9.53 Å². The lowest BCUT2D eigenvalue weighted by atomic mass is 10.1. The topological polar surface area (TPSA) is 110 Å². The van der Waals surface area contributed by atoms with Gasteiger partial charge in [-0.15, -0.1) is 0 Å². The van der Waals surface area contributed by atoms with Crippen molar-refractivity contribution < 1.29 is 19.0 Å². The SMILES string of the molecule is C=CC(=O)N[C@H]1COC[C@H]1Nc1cc2c(NCCN(C)C)nc(-c3cc(OC)cc(OC)c3Cl)cc2cn1. The van der Waals surface area contributed by atoms with E-state index < -0.39 is 0 Å². The maximum absolute atomic E-state index is 11.8. The Bertz CT molecular complexity index is 1320. The number of nitrogens with one attached hydrogen (secondary N) is 3. The number of aromatic nitrogens is 2. The van der Waals surface area contributed by atoms with Crippen molar-refractivity contribution in [2.45, 2.75) is 12.1 Å². The summed E-state index contributed by atoms with van der Waals surface area (Å²) < 4.78 is 16.5. The molecule has 0 bridgehead atoms. The van der Waals surface area contributed by atoms with Gasteiger partial charge in [-0.1, -0.05) is 18.2 Å². The summed E-state index contributed by atoms with van der Waals surface area (Å²) in [5.41, 5.74) is 1.34. The van der Waals surface area contributed by atoms with E-state index in [0.717, 1.165) is 17.3 Å². The number of hydrogen-bond acceptors (Lipinski definition) is 9. The van der Waals surface area contributed by atoms with Gasteiger partial charge in [-0.3, -0.25) is 4.79 Å². The van der Waals surface area contributed by atoms with Gasteiger partial charge in [-0.2, -0.15) is 0 Å². The van der Waals surface area contributed by atoms with Gasteiger partial charge >= 0.3 is 0 Å². The van der Waals surface area contributed by atoms with Crippen molar-refractivity contribution in [1.82, 2.24) is 20.2 Å². The van der Waals surface area contributed by atoms with Gasteiger partial charge in [0.05, 0.1) is 50.2 Å². The molecule has 0 unspecified atom stereocenters. The molecule has 2 aromatic heterocycles. The lowest BCUT2D eigenvalue weighted by molar-refractivity contribution is -0.117. The first kappa shape index (κ1) is 27.4. The Balaban J connectivity index is 1.72. The first-order chi connectivity index (χ1) is 18.3. The standard InChI is InChI=1S/C27H33ClN6O4/c1-6-25(35)32-22-15-38-14-21(22)31-24-12-18-16(13-30-24)9-20(33-27(18)29-7-8-34(2)3)19-10-17(36-4)11-23(37-5)26(19)28/h6,9-13,21-22H,1,7-8,14-15H2,2-5H3,(H,29,33)(H,30,31)(H,32,35)/t21-,22+/m1/s1. The molecule has 1 aromatic carbocycles. The number of fused-ring (bicyclic) bond motifs is 1. The molecular formula is C27H33ClN6O4. The summed E-state index contributed by atoms with van der Waals surface area (Å²) in [6.45, 7) is 5.89. The highest BCUT2D eigenvalue weighted by molar-refractivity contribution is 6.35. The van der Waals surface area contributed by atoms with E-state index in [4.69, 9.17) is 30.8 Å². The maximum atomic E-state index is 11.8. The minimum atomic E-state index is -0.240. The van der Waals surface area contributed by atoms with E-state index in [2.05, 4.69) is 32.4 Å². The number of ether oxygens (including phenoxy) is 3. The fraction of sp³-hybridized carbons (Fsp3) is 0.370. The molecule has 202 valence electrons. The van der Waals surface area contributed by atoms with Crippen LogP contribution in [0, 0.1) is 0 Å². The molecule has 10 nitrogen and oxygen atoms in total. The molecule has 1 fully saturated rings. The number of likely N-dealkylation sites (N-methyl/N-ethyl adjacent to an activating group) is 1. The fourth-order valence-corrected chi connectivity index (χ4v) is 4.47. The predicted octanol–water partition coefficient (Wildman–Crippen LogP) is 3.42. The third-order valence-corrected chi connectivity index (χ3v) is 6.63. The number of carbonyl (C=O) groups excluding carboxylic acids is 1. The van der Waals surface area contributed by atoms with Crippen LogP contribution in [0.3, 0.4) is 0 Å². The van der Waals surface area contributed by atoms with Gasteiger partial charge in [-0.25, -0.2) is 9.97 Å². The summed E-state index contributed by atoms with van der Waals surface area (Å²) in [6.07, 6.45) is 3.04. The second kappa shape index (κ2) is 12.3. The number of amides is 1. The molecule has 4 rings (SSSR count). The number of carbonyl (C=O) groups is 1. The highest BCUT2D eigenvalue weighted by atomic mass is 35.5. The molecule has 0 spiro atoms. The van der Waals surface area contributed by atoms with Crippen molar-refractivity contribution in [3.63, 3.8) is 0 Å². The Hall–Kier alpha value is -3.60. The van der Waals surface area contributed by atoms with Gasteiger partial charge in [-0.05, 0) is 38.4 Å². The Kier molecular flexibility index (Phi) is 8.88. The van der Waals surface area contributed by atoms with E-state index >= 15 is 0 Å². The molecule has 3 N–H and O–H groups in total. The summed E-state index contributed by atoms with van der Waals surface area (Å²) in [6, 6.07) is 7.13. The second-order valence-electron chi connectivity index (χ2n) is 9.18. The number of benzene rings is 1. The van der Waals surface area contributed by atoms with Crippen molar-refractivity contribution in [3.8, 4) is 22.8 Å². The molecule has 0 radical (unpaired) electrons. The van der Waals surface area contributed by atoms with Crippen LogP contribution in [0.5, 0.6) is 11.5 Å². The van der Waals surface area contributed by atoms with Crippen LogP contribution < -0.4 is 25.4 Å². The van der Waals surface area contributed by atoms with E-state index in [1.165, 1.54) is 6.08 Å². The lowest BCUT2D eigenvalue weighted by Gasteiger charge is -2.21. The molecule has 3 aromatic rings. The summed E-state index contributed by atoms with van der Waals surface area (Å²) >= 11 is 6.68. The van der Waals surface area contributed by atoms with Crippen LogP contribution in [0.4, 0.5) is 11.6 Å². The van der Waals surface area contributed by atoms with Crippen molar-refractivity contribution in [1.29, 1.82) is 0 Å². The van der Waals surface area contributed by atoms with E-state index in [0.29, 0.717) is 59.2 Å². The van der Waals surface area contributed by atoms with Gasteiger partial charge in [0, 0.05) is 41.7 Å². The Morgan fingerprint density at radius 3 is 2.71 bits per heavy atom. The Labute approximate surface area is 227 Å². The molecule has 1 amide bonds. The number of halogens is 1. The van der Waals surface area contributed by atoms with Crippen LogP contribution >= 0.6 is 11.6 Å². The first-order valence-corrected chi connectivity index (χ1v) is 12.6. The monoisotopic (exact) mass is 540 g/mol. The number of hydrogen-bond donors (Lipinski definition) is 3. The van der Waals surface area contributed by atoms with Crippen molar-refractivity contribution in [2.75, 3.05) is 65.3 Å². The molecule has 38 heavy (non-hydrogen) atoms. The van der Waals surface area contributed by atoms with E-state index in [-0.39, 0.29) is 18.0 Å². The van der Waals surface area contributed by atoms with Crippen LogP contribution in [0.15, 0.2) is 43.1 Å². The highest BCUT2D eigenvalue weighted by Crippen LogP contribution is 2.40. The average Bonchev–Trinajstić information content (AvgIpc) is 3.34. The fourth-order valence-electron chi connectivity index (χ4n) is 4.19. The normalized spacial score (nSPS) is 16.9. The van der Waals surface area contributed by atoms with Crippen molar-refractivity contribution >= 4 is 39.9 Å². The highest BCUT2D eigenvalue weighted by Gasteiger charge is 2.29. The zero-order valence-corrected chi connectivity index (χ0v) is 22.8. The Morgan fingerprint density at radius 1 is 1.21 bits per heavy atom. The molecule has 0 saturated carbocycles. The molecule has 0 aliphatic carbocycles. The molecule has 1 saturated heterocycles. The third-order valence-electron chi connectivity index (χ3n) is 6.24. The van der Waals surface area contributed by atoms with Gasteiger partial charge in [0.25, 0.3) is 0 Å². The number of nitrogens with zero attached hydrogens (tertiary/aromatic N) is 3. The lowest BCUT2D eigenvalue weighted by Crippen LogP contribution is -2.45.